The molecular formula is C13H19N3O5S. The molecule has 0 radical (unpaired) electrons. The number of aryl methyl sites for hydroxylation is 1. The largest absolute Gasteiger partial charge is 0.455 e. The fraction of sp³-hybridized carbons (Fsp3) is 0.538. The number of hydrogen-bond donors (Lipinski definition) is 2. The van der Waals surface area contributed by atoms with Gasteiger partial charge in [0, 0.05) is 12.1 Å². The van der Waals surface area contributed by atoms with Gasteiger partial charge in [-0.1, -0.05) is 5.16 Å². The first-order valence-corrected chi connectivity index (χ1v) is 7.78. The van der Waals surface area contributed by atoms with E-state index in [9.17, 15) is 14.4 Å². The van der Waals surface area contributed by atoms with Gasteiger partial charge in [-0.25, -0.2) is 0 Å². The van der Waals surface area contributed by atoms with Gasteiger partial charge < -0.3 is 19.9 Å². The van der Waals surface area contributed by atoms with Gasteiger partial charge in [0.15, 0.2) is 12.4 Å². The van der Waals surface area contributed by atoms with Crippen LogP contribution in [0.5, 0.6) is 0 Å². The number of anilines is 1. The molecule has 0 unspecified atom stereocenters. The molecule has 0 saturated carbocycles. The minimum absolute atomic E-state index is 0.00978. The summed E-state index contributed by atoms with van der Waals surface area (Å²) in [7, 11) is 0. The van der Waals surface area contributed by atoms with E-state index in [0.717, 1.165) is 11.8 Å². The van der Waals surface area contributed by atoms with Crippen LogP contribution in [0.1, 0.15) is 19.6 Å². The van der Waals surface area contributed by atoms with E-state index in [4.69, 9.17) is 9.26 Å². The molecule has 0 fully saturated rings. The van der Waals surface area contributed by atoms with Crippen LogP contribution in [-0.4, -0.2) is 47.1 Å². The van der Waals surface area contributed by atoms with Crippen molar-refractivity contribution in [2.45, 2.75) is 26.8 Å². The SMILES string of the molecule is Cc1cc(NC(=O)CSCC(=O)OCC(=O)NC(C)C)no1. The van der Waals surface area contributed by atoms with Gasteiger partial charge in [-0.2, -0.15) is 0 Å². The molecule has 2 amide bonds. The highest BCUT2D eigenvalue weighted by molar-refractivity contribution is 8.00. The van der Waals surface area contributed by atoms with Crippen molar-refractivity contribution in [1.29, 1.82) is 0 Å². The van der Waals surface area contributed by atoms with Crippen LogP contribution >= 0.6 is 11.8 Å². The quantitative estimate of drug-likeness (QED) is 0.676. The second kappa shape index (κ2) is 9.08. The third-order valence-corrected chi connectivity index (χ3v) is 3.07. The lowest BCUT2D eigenvalue weighted by molar-refractivity contribution is -0.146. The zero-order valence-electron chi connectivity index (χ0n) is 12.7. The molecule has 1 heterocycles. The van der Waals surface area contributed by atoms with Gasteiger partial charge in [-0.15, -0.1) is 11.8 Å². The van der Waals surface area contributed by atoms with E-state index in [2.05, 4.69) is 15.8 Å². The summed E-state index contributed by atoms with van der Waals surface area (Å²) in [4.78, 5) is 34.2. The Kier molecular flexibility index (Phi) is 7.44. The maximum absolute atomic E-state index is 11.6. The summed E-state index contributed by atoms with van der Waals surface area (Å²) in [6, 6.07) is 1.58. The van der Waals surface area contributed by atoms with E-state index in [1.165, 1.54) is 0 Å². The Morgan fingerprint density at radius 1 is 1.32 bits per heavy atom. The highest BCUT2D eigenvalue weighted by atomic mass is 32.2. The highest BCUT2D eigenvalue weighted by Crippen LogP contribution is 2.08. The maximum atomic E-state index is 11.6. The number of ether oxygens (including phenoxy) is 1. The standard InChI is InChI=1S/C13H19N3O5S/c1-8(2)14-11(17)5-20-13(19)7-22-6-12(18)15-10-4-9(3)21-16-10/h4,8H,5-7H2,1-3H3,(H,14,17)(H,15,16,18). The zero-order valence-corrected chi connectivity index (χ0v) is 13.5. The van der Waals surface area contributed by atoms with Gasteiger partial charge in [0.1, 0.15) is 5.76 Å². The molecule has 1 aromatic heterocycles. The van der Waals surface area contributed by atoms with Crippen molar-refractivity contribution in [3.8, 4) is 0 Å². The predicted molar refractivity (Wildman–Crippen MR) is 81.4 cm³/mol. The third-order valence-electron chi connectivity index (χ3n) is 2.16. The molecule has 122 valence electrons. The van der Waals surface area contributed by atoms with Gasteiger partial charge in [-0.05, 0) is 20.8 Å². The van der Waals surface area contributed by atoms with Crippen molar-refractivity contribution in [3.63, 3.8) is 0 Å². The molecule has 0 saturated heterocycles. The second-order valence-corrected chi connectivity index (χ2v) is 5.73. The summed E-state index contributed by atoms with van der Waals surface area (Å²) in [5.41, 5.74) is 0. The third kappa shape index (κ3) is 7.67. The van der Waals surface area contributed by atoms with Crippen LogP contribution < -0.4 is 10.6 Å². The summed E-state index contributed by atoms with van der Waals surface area (Å²) in [5, 5.41) is 8.75. The van der Waals surface area contributed by atoms with Crippen LogP contribution in [0.3, 0.4) is 0 Å². The topological polar surface area (TPSA) is 111 Å². The molecule has 9 heteroatoms. The van der Waals surface area contributed by atoms with Crippen LogP contribution in [0.15, 0.2) is 10.6 Å². The first kappa shape index (κ1) is 18.0. The number of nitrogens with zero attached hydrogens (tertiary/aromatic N) is 1. The Balaban J connectivity index is 2.14. The van der Waals surface area contributed by atoms with E-state index in [0.29, 0.717) is 11.6 Å². The van der Waals surface area contributed by atoms with Crippen LogP contribution in [-0.2, 0) is 19.1 Å². The van der Waals surface area contributed by atoms with Crippen LogP contribution in [0.2, 0.25) is 0 Å². The van der Waals surface area contributed by atoms with E-state index in [1.54, 1.807) is 13.0 Å². The molecule has 1 aromatic rings. The Morgan fingerprint density at radius 3 is 2.64 bits per heavy atom. The Labute approximate surface area is 132 Å². The summed E-state index contributed by atoms with van der Waals surface area (Å²) in [6.07, 6.45) is 0. The second-order valence-electron chi connectivity index (χ2n) is 4.75. The average molecular weight is 329 g/mol. The number of amides is 2. The molecule has 0 spiro atoms. The smallest absolute Gasteiger partial charge is 0.316 e. The molecule has 0 aliphatic heterocycles. The average Bonchev–Trinajstić information content (AvgIpc) is 2.81. The molecule has 0 atom stereocenters. The summed E-state index contributed by atoms with van der Waals surface area (Å²) < 4.78 is 9.58. The highest BCUT2D eigenvalue weighted by Gasteiger charge is 2.11. The normalized spacial score (nSPS) is 10.4. The molecule has 0 aromatic carbocycles. The lowest BCUT2D eigenvalue weighted by Gasteiger charge is -2.08. The molecule has 1 rings (SSSR count). The predicted octanol–water partition coefficient (Wildman–Crippen LogP) is 0.723. The number of carbonyl (C=O) groups is 3. The van der Waals surface area contributed by atoms with E-state index in [1.807, 2.05) is 13.8 Å². The number of aromatic nitrogens is 1. The molecule has 8 nitrogen and oxygen atoms in total. The molecule has 2 N–H and O–H groups in total. The first-order chi connectivity index (χ1) is 10.4. The van der Waals surface area contributed by atoms with Crippen LogP contribution in [0, 0.1) is 6.92 Å². The zero-order chi connectivity index (χ0) is 16.5. The molecule has 22 heavy (non-hydrogen) atoms. The number of hydrogen-bond acceptors (Lipinski definition) is 7. The Hall–Kier alpha value is -2.03. The number of rotatable bonds is 8. The summed E-state index contributed by atoms with van der Waals surface area (Å²) >= 11 is 1.08. The monoisotopic (exact) mass is 329 g/mol. The van der Waals surface area contributed by atoms with Gasteiger partial charge in [0.05, 0.1) is 11.5 Å². The summed E-state index contributed by atoms with van der Waals surface area (Å²) in [5.74, 6) is -0.230. The maximum Gasteiger partial charge on any atom is 0.316 e. The fourth-order valence-electron chi connectivity index (χ4n) is 1.38. The number of esters is 1. The molecule has 0 aliphatic rings. The van der Waals surface area contributed by atoms with E-state index >= 15 is 0 Å². The van der Waals surface area contributed by atoms with Gasteiger partial charge in [0.25, 0.3) is 5.91 Å². The number of carbonyl (C=O) groups excluding carboxylic acids is 3. The lowest BCUT2D eigenvalue weighted by atomic mass is 10.4. The van der Waals surface area contributed by atoms with Crippen LogP contribution in [0.25, 0.3) is 0 Å². The van der Waals surface area contributed by atoms with Gasteiger partial charge in [0.2, 0.25) is 5.91 Å². The van der Waals surface area contributed by atoms with Crippen LogP contribution in [0.4, 0.5) is 5.82 Å². The first-order valence-electron chi connectivity index (χ1n) is 6.62. The fourth-order valence-corrected chi connectivity index (χ4v) is 1.99. The lowest BCUT2D eigenvalue weighted by Crippen LogP contribution is -2.34. The van der Waals surface area contributed by atoms with E-state index < -0.39 is 5.97 Å². The van der Waals surface area contributed by atoms with Crippen molar-refractivity contribution >= 4 is 35.4 Å². The number of nitrogens with one attached hydrogen (secondary N) is 2. The van der Waals surface area contributed by atoms with Crippen molar-refractivity contribution < 1.29 is 23.6 Å². The van der Waals surface area contributed by atoms with Crippen molar-refractivity contribution in [3.05, 3.63) is 11.8 Å². The minimum atomic E-state index is -0.547. The Bertz CT molecular complexity index is 530. The van der Waals surface area contributed by atoms with Gasteiger partial charge in [-0.3, -0.25) is 14.4 Å². The van der Waals surface area contributed by atoms with Gasteiger partial charge >= 0.3 is 5.97 Å². The Morgan fingerprint density at radius 2 is 2.05 bits per heavy atom. The van der Waals surface area contributed by atoms with Crippen molar-refractivity contribution in [1.82, 2.24) is 10.5 Å². The summed E-state index contributed by atoms with van der Waals surface area (Å²) in [6.45, 7) is 5.01. The molecule has 0 bridgehead atoms. The molecule has 0 aliphatic carbocycles. The van der Waals surface area contributed by atoms with Crippen molar-refractivity contribution in [2.24, 2.45) is 0 Å². The van der Waals surface area contributed by atoms with Crippen molar-refractivity contribution in [2.75, 3.05) is 23.4 Å². The van der Waals surface area contributed by atoms with E-state index in [-0.39, 0.29) is 36.0 Å². The number of thioether (sulfide) groups is 1. The minimum Gasteiger partial charge on any atom is -0.455 e. The molecular weight excluding hydrogens is 310 g/mol.